The highest BCUT2D eigenvalue weighted by Crippen LogP contribution is 2.23. The maximum Gasteiger partial charge on any atom is 0.325 e. The van der Waals surface area contributed by atoms with Crippen LogP contribution in [-0.2, 0) is 9.53 Å². The monoisotopic (exact) mass is 344 g/mol. The lowest BCUT2D eigenvalue weighted by molar-refractivity contribution is -0.143. The molecule has 1 saturated heterocycles. The Bertz CT molecular complexity index is 666. The molecule has 1 atom stereocenters. The summed E-state index contributed by atoms with van der Waals surface area (Å²) in [5, 5.41) is 16.5. The highest BCUT2D eigenvalue weighted by Gasteiger charge is 2.25. The van der Waals surface area contributed by atoms with Gasteiger partial charge in [0.1, 0.15) is 6.04 Å². The van der Waals surface area contributed by atoms with Gasteiger partial charge >= 0.3 is 5.97 Å². The Hall–Kier alpha value is -2.22. The number of ether oxygens (including phenoxy) is 1. The van der Waals surface area contributed by atoms with Crippen molar-refractivity contribution in [1.29, 1.82) is 0 Å². The number of rotatable bonds is 7. The van der Waals surface area contributed by atoms with Crippen LogP contribution in [0.5, 0.6) is 0 Å². The van der Waals surface area contributed by atoms with Crippen molar-refractivity contribution in [3.8, 4) is 11.3 Å². The largest absolute Gasteiger partial charge is 0.480 e. The second-order valence-electron chi connectivity index (χ2n) is 6.27. The lowest BCUT2D eigenvalue weighted by Crippen LogP contribution is -2.42. The number of morpholine rings is 1. The number of aliphatic carboxylic acids is 1. The van der Waals surface area contributed by atoms with Crippen molar-refractivity contribution in [2.24, 2.45) is 0 Å². The SMILES string of the molecule is CN(CCN1CCOCC1)[C@@H](C(=O)O)c1ccc(-c2ccn[nH]2)cc1. The number of benzene rings is 1. The summed E-state index contributed by atoms with van der Waals surface area (Å²) < 4.78 is 5.35. The summed E-state index contributed by atoms with van der Waals surface area (Å²) in [7, 11) is 1.86. The molecule has 0 unspecified atom stereocenters. The Labute approximate surface area is 147 Å². The van der Waals surface area contributed by atoms with Crippen LogP contribution in [-0.4, -0.2) is 77.5 Å². The van der Waals surface area contributed by atoms with Crippen LogP contribution in [0.3, 0.4) is 0 Å². The van der Waals surface area contributed by atoms with E-state index in [4.69, 9.17) is 4.74 Å². The van der Waals surface area contributed by atoms with E-state index in [-0.39, 0.29) is 0 Å². The number of carbonyl (C=O) groups is 1. The van der Waals surface area contributed by atoms with Crippen molar-refractivity contribution < 1.29 is 14.6 Å². The van der Waals surface area contributed by atoms with Gasteiger partial charge in [-0.1, -0.05) is 24.3 Å². The summed E-state index contributed by atoms with van der Waals surface area (Å²) in [6.45, 7) is 4.85. The zero-order chi connectivity index (χ0) is 17.6. The number of H-pyrrole nitrogens is 1. The van der Waals surface area contributed by atoms with Gasteiger partial charge in [-0.15, -0.1) is 0 Å². The minimum Gasteiger partial charge on any atom is -0.480 e. The van der Waals surface area contributed by atoms with E-state index < -0.39 is 12.0 Å². The van der Waals surface area contributed by atoms with E-state index in [1.165, 1.54) is 0 Å². The topological polar surface area (TPSA) is 81.7 Å². The fourth-order valence-electron chi connectivity index (χ4n) is 3.10. The fraction of sp³-hybridized carbons (Fsp3) is 0.444. The number of likely N-dealkylation sites (N-methyl/N-ethyl adjacent to an activating group) is 1. The molecule has 2 heterocycles. The van der Waals surface area contributed by atoms with E-state index in [1.54, 1.807) is 6.20 Å². The molecule has 134 valence electrons. The number of aromatic amines is 1. The molecular formula is C18H24N4O3. The van der Waals surface area contributed by atoms with Gasteiger partial charge in [-0.2, -0.15) is 5.10 Å². The minimum atomic E-state index is -0.834. The third-order valence-electron chi connectivity index (χ3n) is 4.59. The molecule has 0 radical (unpaired) electrons. The molecule has 1 aromatic carbocycles. The summed E-state index contributed by atoms with van der Waals surface area (Å²) >= 11 is 0. The Balaban J connectivity index is 1.66. The van der Waals surface area contributed by atoms with Gasteiger partial charge in [0.05, 0.1) is 18.9 Å². The lowest BCUT2D eigenvalue weighted by Gasteiger charge is -2.30. The standard InChI is InChI=1S/C18H24N4O3/c1-21(8-9-22-10-12-25-13-11-22)17(18(23)24)15-4-2-14(3-5-15)16-6-7-19-20-16/h2-7,17H,8-13H2,1H3,(H,19,20)(H,23,24)/t17-/m1/s1. The summed E-state index contributed by atoms with van der Waals surface area (Å²) in [6, 6.07) is 8.83. The number of carboxylic acid groups (broad SMARTS) is 1. The van der Waals surface area contributed by atoms with Crippen molar-refractivity contribution in [2.45, 2.75) is 6.04 Å². The van der Waals surface area contributed by atoms with Gasteiger partial charge < -0.3 is 9.84 Å². The summed E-state index contributed by atoms with van der Waals surface area (Å²) in [5.74, 6) is -0.834. The second-order valence-corrected chi connectivity index (χ2v) is 6.27. The number of hydrogen-bond donors (Lipinski definition) is 2. The zero-order valence-corrected chi connectivity index (χ0v) is 14.4. The molecule has 0 aliphatic carbocycles. The van der Waals surface area contributed by atoms with Crippen LogP contribution in [0, 0.1) is 0 Å². The van der Waals surface area contributed by atoms with Crippen molar-refractivity contribution in [1.82, 2.24) is 20.0 Å². The van der Waals surface area contributed by atoms with Crippen LogP contribution >= 0.6 is 0 Å². The first-order valence-electron chi connectivity index (χ1n) is 8.48. The van der Waals surface area contributed by atoms with E-state index in [9.17, 15) is 9.90 Å². The summed E-state index contributed by atoms with van der Waals surface area (Å²) in [4.78, 5) is 16.0. The van der Waals surface area contributed by atoms with Gasteiger partial charge in [-0.3, -0.25) is 19.7 Å². The average Bonchev–Trinajstić information content (AvgIpc) is 3.16. The predicted octanol–water partition coefficient (Wildman–Crippen LogP) is 1.47. The van der Waals surface area contributed by atoms with Crippen molar-refractivity contribution in [2.75, 3.05) is 46.4 Å². The average molecular weight is 344 g/mol. The van der Waals surface area contributed by atoms with Gasteiger partial charge in [0.15, 0.2) is 0 Å². The quantitative estimate of drug-likeness (QED) is 0.791. The molecule has 2 aromatic rings. The number of aromatic nitrogens is 2. The first kappa shape index (κ1) is 17.6. The van der Waals surface area contributed by atoms with E-state index in [2.05, 4.69) is 15.1 Å². The maximum atomic E-state index is 11.8. The molecule has 1 aliphatic rings. The van der Waals surface area contributed by atoms with E-state index in [1.807, 2.05) is 42.3 Å². The van der Waals surface area contributed by atoms with Crippen LogP contribution in [0.15, 0.2) is 36.5 Å². The molecule has 7 heteroatoms. The van der Waals surface area contributed by atoms with Crippen molar-refractivity contribution >= 4 is 5.97 Å². The summed E-state index contributed by atoms with van der Waals surface area (Å²) in [6.07, 6.45) is 1.70. The number of nitrogens with zero attached hydrogens (tertiary/aromatic N) is 3. The zero-order valence-electron chi connectivity index (χ0n) is 14.4. The molecule has 1 fully saturated rings. The van der Waals surface area contributed by atoms with Crippen LogP contribution < -0.4 is 0 Å². The fourth-order valence-corrected chi connectivity index (χ4v) is 3.10. The second kappa shape index (κ2) is 8.24. The molecule has 2 N–H and O–H groups in total. The Morgan fingerprint density at radius 1 is 1.32 bits per heavy atom. The van der Waals surface area contributed by atoms with E-state index >= 15 is 0 Å². The highest BCUT2D eigenvalue weighted by atomic mass is 16.5. The van der Waals surface area contributed by atoms with Gasteiger partial charge in [0, 0.05) is 32.4 Å². The smallest absolute Gasteiger partial charge is 0.325 e. The van der Waals surface area contributed by atoms with E-state index in [0.29, 0.717) is 6.54 Å². The Morgan fingerprint density at radius 2 is 2.04 bits per heavy atom. The van der Waals surface area contributed by atoms with Crippen LogP contribution in [0.25, 0.3) is 11.3 Å². The number of hydrogen-bond acceptors (Lipinski definition) is 5. The first-order valence-corrected chi connectivity index (χ1v) is 8.48. The molecule has 0 saturated carbocycles. The Kier molecular flexibility index (Phi) is 5.80. The van der Waals surface area contributed by atoms with Crippen molar-refractivity contribution in [3.05, 3.63) is 42.1 Å². The van der Waals surface area contributed by atoms with Crippen LogP contribution in [0.1, 0.15) is 11.6 Å². The molecule has 25 heavy (non-hydrogen) atoms. The molecule has 0 amide bonds. The third kappa shape index (κ3) is 4.45. The van der Waals surface area contributed by atoms with Crippen molar-refractivity contribution in [3.63, 3.8) is 0 Å². The van der Waals surface area contributed by atoms with E-state index in [0.717, 1.165) is 49.7 Å². The number of nitrogens with one attached hydrogen (secondary N) is 1. The Morgan fingerprint density at radius 3 is 2.64 bits per heavy atom. The molecule has 0 bridgehead atoms. The van der Waals surface area contributed by atoms with Crippen LogP contribution in [0.4, 0.5) is 0 Å². The van der Waals surface area contributed by atoms with Gasteiger partial charge in [0.2, 0.25) is 0 Å². The van der Waals surface area contributed by atoms with Crippen LogP contribution in [0.2, 0.25) is 0 Å². The van der Waals surface area contributed by atoms with Gasteiger partial charge in [-0.05, 0) is 24.2 Å². The lowest BCUT2D eigenvalue weighted by atomic mass is 10.0. The van der Waals surface area contributed by atoms with Gasteiger partial charge in [-0.25, -0.2) is 0 Å². The predicted molar refractivity (Wildman–Crippen MR) is 94.3 cm³/mol. The maximum absolute atomic E-state index is 11.8. The molecule has 0 spiro atoms. The van der Waals surface area contributed by atoms with Gasteiger partial charge in [0.25, 0.3) is 0 Å². The summed E-state index contributed by atoms with van der Waals surface area (Å²) in [5.41, 5.74) is 2.68. The molecule has 1 aliphatic heterocycles. The normalized spacial score (nSPS) is 16.9. The first-order chi connectivity index (χ1) is 12.1. The number of carboxylic acids is 1. The molecule has 1 aromatic heterocycles. The third-order valence-corrected chi connectivity index (χ3v) is 4.59. The molecule has 3 rings (SSSR count). The molecule has 7 nitrogen and oxygen atoms in total. The highest BCUT2D eigenvalue weighted by molar-refractivity contribution is 5.76. The minimum absolute atomic E-state index is 0.656. The molecular weight excluding hydrogens is 320 g/mol.